The molecule has 4 nitrogen and oxygen atoms in total. The summed E-state index contributed by atoms with van der Waals surface area (Å²) >= 11 is 1.31. The number of esters is 1. The highest BCUT2D eigenvalue weighted by atomic mass is 32.1. The smallest absolute Gasteiger partial charge is 0.367 e. The second-order valence-corrected chi connectivity index (χ2v) is 4.51. The summed E-state index contributed by atoms with van der Waals surface area (Å²) in [4.78, 5) is 16.5. The van der Waals surface area contributed by atoms with Gasteiger partial charge in [0.1, 0.15) is 5.75 Å². The Balaban J connectivity index is 2.26. The van der Waals surface area contributed by atoms with Gasteiger partial charge in [-0.25, -0.2) is 9.78 Å². The lowest BCUT2D eigenvalue weighted by Gasteiger charge is -2.01. The van der Waals surface area contributed by atoms with Gasteiger partial charge in [-0.1, -0.05) is 12.1 Å². The van der Waals surface area contributed by atoms with Crippen molar-refractivity contribution >= 4 is 17.3 Å². The zero-order valence-corrected chi connectivity index (χ0v) is 11.0. The second-order valence-electron chi connectivity index (χ2n) is 3.48. The van der Waals surface area contributed by atoms with Crippen molar-refractivity contribution in [3.05, 3.63) is 35.5 Å². The second kappa shape index (κ2) is 5.64. The molecule has 0 saturated carbocycles. The van der Waals surface area contributed by atoms with Crippen LogP contribution < -0.4 is 4.74 Å². The third kappa shape index (κ3) is 2.68. The van der Waals surface area contributed by atoms with Crippen LogP contribution in [0.4, 0.5) is 0 Å². The lowest BCUT2D eigenvalue weighted by Crippen LogP contribution is -2.03. The van der Waals surface area contributed by atoms with Crippen LogP contribution in [0.2, 0.25) is 0 Å². The molecule has 0 aliphatic heterocycles. The number of aromatic nitrogens is 1. The lowest BCUT2D eigenvalue weighted by molar-refractivity contribution is 0.0526. The molecule has 1 heterocycles. The van der Waals surface area contributed by atoms with Crippen molar-refractivity contribution in [3.63, 3.8) is 0 Å². The zero-order valence-electron chi connectivity index (χ0n) is 10.2. The van der Waals surface area contributed by atoms with Crippen molar-refractivity contribution in [1.82, 2.24) is 4.98 Å². The van der Waals surface area contributed by atoms with E-state index in [1.807, 2.05) is 24.3 Å². The average molecular weight is 263 g/mol. The first-order valence-electron chi connectivity index (χ1n) is 5.52. The number of rotatable bonds is 4. The predicted molar refractivity (Wildman–Crippen MR) is 70.1 cm³/mol. The summed E-state index contributed by atoms with van der Waals surface area (Å²) in [5, 5.41) is 0.370. The first-order chi connectivity index (χ1) is 8.74. The number of carbonyl (C=O) groups is 1. The Morgan fingerprint density at radius 2 is 2.28 bits per heavy atom. The van der Waals surface area contributed by atoms with Crippen LogP contribution in [0, 0.1) is 0 Å². The van der Waals surface area contributed by atoms with Gasteiger partial charge >= 0.3 is 5.97 Å². The molecule has 0 aliphatic rings. The number of hydrogen-bond donors (Lipinski definition) is 0. The molecule has 18 heavy (non-hydrogen) atoms. The van der Waals surface area contributed by atoms with E-state index in [0.29, 0.717) is 11.6 Å². The van der Waals surface area contributed by atoms with Crippen molar-refractivity contribution in [2.45, 2.75) is 6.92 Å². The van der Waals surface area contributed by atoms with E-state index in [2.05, 4.69) is 4.98 Å². The highest BCUT2D eigenvalue weighted by Gasteiger charge is 2.13. The number of thiazole rings is 1. The Morgan fingerprint density at radius 3 is 3.00 bits per heavy atom. The normalized spacial score (nSPS) is 10.1. The van der Waals surface area contributed by atoms with Gasteiger partial charge in [-0.3, -0.25) is 0 Å². The van der Waals surface area contributed by atoms with E-state index in [-0.39, 0.29) is 5.97 Å². The molecule has 1 aromatic carbocycles. The van der Waals surface area contributed by atoms with Crippen molar-refractivity contribution in [2.24, 2.45) is 0 Å². The lowest BCUT2D eigenvalue weighted by atomic mass is 10.2. The number of carbonyl (C=O) groups excluding carboxylic acids is 1. The van der Waals surface area contributed by atoms with E-state index in [1.54, 1.807) is 20.2 Å². The summed E-state index contributed by atoms with van der Waals surface area (Å²) in [5.74, 6) is 0.398. The largest absolute Gasteiger partial charge is 0.497 e. The summed E-state index contributed by atoms with van der Waals surface area (Å²) in [7, 11) is 1.62. The standard InChI is InChI=1S/C13H13NO3S/c1-3-17-13(15)12-14-8-11(18-12)9-5-4-6-10(7-9)16-2/h4-8H,3H2,1-2H3. The highest BCUT2D eigenvalue weighted by Crippen LogP contribution is 2.28. The molecule has 0 spiro atoms. The van der Waals surface area contributed by atoms with Crippen molar-refractivity contribution in [3.8, 4) is 16.2 Å². The molecular formula is C13H13NO3S. The molecule has 0 N–H and O–H groups in total. The van der Waals surface area contributed by atoms with Gasteiger partial charge < -0.3 is 9.47 Å². The number of ether oxygens (including phenoxy) is 2. The van der Waals surface area contributed by atoms with Crippen LogP contribution in [0.25, 0.3) is 10.4 Å². The van der Waals surface area contributed by atoms with E-state index in [4.69, 9.17) is 9.47 Å². The van der Waals surface area contributed by atoms with E-state index >= 15 is 0 Å². The molecule has 1 aromatic heterocycles. The molecule has 0 bridgehead atoms. The fourth-order valence-corrected chi connectivity index (χ4v) is 2.28. The summed E-state index contributed by atoms with van der Waals surface area (Å²) in [6.45, 7) is 2.13. The molecule has 94 valence electrons. The van der Waals surface area contributed by atoms with Crippen LogP contribution >= 0.6 is 11.3 Å². The van der Waals surface area contributed by atoms with Crippen LogP contribution in [-0.4, -0.2) is 24.7 Å². The quantitative estimate of drug-likeness (QED) is 0.796. The SMILES string of the molecule is CCOC(=O)c1ncc(-c2cccc(OC)c2)s1. The Hall–Kier alpha value is -1.88. The molecule has 0 saturated heterocycles. The van der Waals surface area contributed by atoms with Crippen LogP contribution in [-0.2, 0) is 4.74 Å². The molecule has 0 unspecified atom stereocenters. The first-order valence-corrected chi connectivity index (χ1v) is 6.33. The van der Waals surface area contributed by atoms with Gasteiger partial charge in [0.05, 0.1) is 18.6 Å². The van der Waals surface area contributed by atoms with E-state index < -0.39 is 0 Å². The average Bonchev–Trinajstić information content (AvgIpc) is 2.89. The summed E-state index contributed by atoms with van der Waals surface area (Å²) in [5.41, 5.74) is 0.974. The van der Waals surface area contributed by atoms with Crippen LogP contribution in [0.1, 0.15) is 16.7 Å². The van der Waals surface area contributed by atoms with E-state index in [1.165, 1.54) is 11.3 Å². The highest BCUT2D eigenvalue weighted by molar-refractivity contribution is 7.16. The van der Waals surface area contributed by atoms with Crippen molar-refractivity contribution < 1.29 is 14.3 Å². The Morgan fingerprint density at radius 1 is 1.44 bits per heavy atom. The summed E-state index contributed by atoms with van der Waals surface area (Å²) < 4.78 is 10.1. The van der Waals surface area contributed by atoms with Crippen molar-refractivity contribution in [2.75, 3.05) is 13.7 Å². The third-order valence-electron chi connectivity index (χ3n) is 2.31. The molecule has 0 radical (unpaired) electrons. The van der Waals surface area contributed by atoms with Gasteiger partial charge in [0.15, 0.2) is 0 Å². The maximum absolute atomic E-state index is 11.5. The molecule has 2 aromatic rings. The molecular weight excluding hydrogens is 250 g/mol. The molecule has 0 fully saturated rings. The van der Waals surface area contributed by atoms with Gasteiger partial charge in [0.2, 0.25) is 5.01 Å². The minimum Gasteiger partial charge on any atom is -0.497 e. The van der Waals surface area contributed by atoms with Crippen LogP contribution in [0.15, 0.2) is 30.5 Å². The topological polar surface area (TPSA) is 48.4 Å². The monoisotopic (exact) mass is 263 g/mol. The van der Waals surface area contributed by atoms with Gasteiger partial charge in [-0.2, -0.15) is 0 Å². The van der Waals surface area contributed by atoms with E-state index in [9.17, 15) is 4.79 Å². The fraction of sp³-hybridized carbons (Fsp3) is 0.231. The van der Waals surface area contributed by atoms with E-state index in [0.717, 1.165) is 16.2 Å². The first kappa shape index (κ1) is 12.6. The number of nitrogens with zero attached hydrogens (tertiary/aromatic N) is 1. The number of benzene rings is 1. The number of hydrogen-bond acceptors (Lipinski definition) is 5. The van der Waals surface area contributed by atoms with Gasteiger partial charge in [-0.15, -0.1) is 11.3 Å². The van der Waals surface area contributed by atoms with Crippen LogP contribution in [0.5, 0.6) is 5.75 Å². The Kier molecular flexibility index (Phi) is 3.94. The molecule has 2 rings (SSSR count). The fourth-order valence-electron chi connectivity index (χ4n) is 1.47. The van der Waals surface area contributed by atoms with Crippen molar-refractivity contribution in [1.29, 1.82) is 0 Å². The third-order valence-corrected chi connectivity index (χ3v) is 3.34. The predicted octanol–water partition coefficient (Wildman–Crippen LogP) is 3.00. The van der Waals surface area contributed by atoms with Gasteiger partial charge in [0, 0.05) is 6.20 Å². The molecule has 0 amide bonds. The number of methoxy groups -OCH3 is 1. The maximum atomic E-state index is 11.5. The summed E-state index contributed by atoms with van der Waals surface area (Å²) in [6.07, 6.45) is 1.67. The van der Waals surface area contributed by atoms with Gasteiger partial charge in [-0.05, 0) is 24.6 Å². The van der Waals surface area contributed by atoms with Crippen LogP contribution in [0.3, 0.4) is 0 Å². The minimum atomic E-state index is -0.378. The Bertz CT molecular complexity index is 551. The molecule has 0 aliphatic carbocycles. The zero-order chi connectivity index (χ0) is 13.0. The van der Waals surface area contributed by atoms with Gasteiger partial charge in [0.25, 0.3) is 0 Å². The molecule has 0 atom stereocenters. The maximum Gasteiger partial charge on any atom is 0.367 e. The Labute approximate surface area is 109 Å². The minimum absolute atomic E-state index is 0.354. The summed E-state index contributed by atoms with van der Waals surface area (Å²) in [6, 6.07) is 7.63. The molecule has 5 heteroatoms.